The first-order valence-electron chi connectivity index (χ1n) is 21.1. The highest BCUT2D eigenvalue weighted by Crippen LogP contribution is 2.49. The number of rotatable bonds is 6. The number of fused-ring (bicyclic) bond motifs is 10. The Labute approximate surface area is 356 Å². The minimum Gasteiger partial charge on any atom is -0.456 e. The fourth-order valence-corrected chi connectivity index (χ4v) is 9.86. The molecule has 0 atom stereocenters. The van der Waals surface area contributed by atoms with Gasteiger partial charge in [0.2, 0.25) is 0 Å². The average Bonchev–Trinajstić information content (AvgIpc) is 4.01. The van der Waals surface area contributed by atoms with Crippen molar-refractivity contribution in [2.24, 2.45) is 0 Å². The Balaban J connectivity index is 1.13. The smallest absolute Gasteiger partial charge is 0.143 e. The zero-order valence-corrected chi connectivity index (χ0v) is 33.5. The second-order valence-corrected chi connectivity index (χ2v) is 16.0. The third kappa shape index (κ3) is 5.20. The van der Waals surface area contributed by atoms with E-state index in [1.165, 1.54) is 21.5 Å². The summed E-state index contributed by atoms with van der Waals surface area (Å²) in [5.74, 6) is 0. The summed E-state index contributed by atoms with van der Waals surface area (Å²) in [6, 6.07) is 78.1. The maximum atomic E-state index is 6.92. The van der Waals surface area contributed by atoms with Gasteiger partial charge in [-0.3, -0.25) is 0 Å². The summed E-state index contributed by atoms with van der Waals surface area (Å²) in [4.78, 5) is 2.43. The largest absolute Gasteiger partial charge is 0.456 e. The van der Waals surface area contributed by atoms with Crippen molar-refractivity contribution in [3.63, 3.8) is 0 Å². The summed E-state index contributed by atoms with van der Waals surface area (Å²) in [7, 11) is 0. The van der Waals surface area contributed by atoms with E-state index in [4.69, 9.17) is 8.83 Å². The van der Waals surface area contributed by atoms with Crippen LogP contribution in [0, 0.1) is 0 Å². The maximum Gasteiger partial charge on any atom is 0.143 e. The van der Waals surface area contributed by atoms with Gasteiger partial charge in [0.25, 0.3) is 0 Å². The van der Waals surface area contributed by atoms with Crippen LogP contribution in [0.15, 0.2) is 227 Å². The highest BCUT2D eigenvalue weighted by Gasteiger charge is 2.25. The molecule has 10 aromatic carbocycles. The summed E-state index contributed by atoms with van der Waals surface area (Å²) in [5.41, 5.74) is 14.3. The Morgan fingerprint density at radius 2 is 0.935 bits per heavy atom. The molecule has 0 unspecified atom stereocenters. The summed E-state index contributed by atoms with van der Waals surface area (Å²) in [6.07, 6.45) is 0. The lowest BCUT2D eigenvalue weighted by Gasteiger charge is -2.29. The molecule has 0 aliphatic heterocycles. The molecule has 0 aliphatic carbocycles. The number of hydrogen-bond donors (Lipinski definition) is 0. The molecule has 0 aliphatic rings. The molecule has 0 bridgehead atoms. The predicted octanol–water partition coefficient (Wildman–Crippen LogP) is 16.5. The first-order valence-corrected chi connectivity index (χ1v) is 21.1. The Morgan fingerprint density at radius 1 is 0.339 bits per heavy atom. The Morgan fingerprint density at radius 3 is 1.74 bits per heavy atom. The minimum atomic E-state index is 0.851. The topological polar surface area (TPSA) is 34.5 Å². The molecule has 0 radical (unpaired) electrons. The van der Waals surface area contributed by atoms with Crippen molar-refractivity contribution in [3.05, 3.63) is 218 Å². The van der Waals surface area contributed by atoms with Crippen molar-refractivity contribution < 1.29 is 8.83 Å². The zero-order valence-electron chi connectivity index (χ0n) is 33.5. The third-order valence-corrected chi connectivity index (χ3v) is 12.6. The van der Waals surface area contributed by atoms with Gasteiger partial charge in [0.15, 0.2) is 0 Å². The van der Waals surface area contributed by atoms with E-state index in [0.717, 1.165) is 99.9 Å². The van der Waals surface area contributed by atoms with Crippen LogP contribution in [0.4, 0.5) is 17.1 Å². The molecule has 0 saturated carbocycles. The maximum absolute atomic E-state index is 6.92. The molecule has 0 amide bonds. The lowest BCUT2D eigenvalue weighted by atomic mass is 9.95. The van der Waals surface area contributed by atoms with Crippen molar-refractivity contribution in [2.45, 2.75) is 0 Å². The van der Waals surface area contributed by atoms with Gasteiger partial charge in [-0.05, 0) is 83.1 Å². The summed E-state index contributed by atoms with van der Waals surface area (Å²) >= 11 is 0. The monoisotopic (exact) mass is 792 g/mol. The van der Waals surface area contributed by atoms with Crippen molar-refractivity contribution in [3.8, 4) is 27.9 Å². The second-order valence-electron chi connectivity index (χ2n) is 16.0. The van der Waals surface area contributed by atoms with E-state index in [1.54, 1.807) is 0 Å². The van der Waals surface area contributed by atoms with Crippen LogP contribution in [-0.4, -0.2) is 4.57 Å². The molecule has 0 N–H and O–H groups in total. The molecule has 0 spiro atoms. The number of aromatic nitrogens is 1. The van der Waals surface area contributed by atoms with E-state index in [1.807, 2.05) is 6.07 Å². The van der Waals surface area contributed by atoms with E-state index < -0.39 is 0 Å². The molecular formula is C58H36N2O2. The number of anilines is 3. The second kappa shape index (κ2) is 13.6. The Bertz CT molecular complexity index is 3850. The Hall–Kier alpha value is -8.34. The third-order valence-electron chi connectivity index (χ3n) is 12.6. The average molecular weight is 793 g/mol. The first kappa shape index (κ1) is 34.5. The van der Waals surface area contributed by atoms with Gasteiger partial charge < -0.3 is 18.3 Å². The van der Waals surface area contributed by atoms with Gasteiger partial charge in [-0.15, -0.1) is 0 Å². The molecule has 62 heavy (non-hydrogen) atoms. The SMILES string of the molecule is c1ccc(N(c2ccc3ccccc3c2)c2cc(-c3ccccc3-n3c4ccccc4c4ccccc43)c3oc4ccccc4c3c2)c(-c2cccc3oc4ccccc4c23)c1. The summed E-state index contributed by atoms with van der Waals surface area (Å²) in [5, 5.41) is 9.13. The van der Waals surface area contributed by atoms with Gasteiger partial charge in [-0.2, -0.15) is 0 Å². The number of hydrogen-bond acceptors (Lipinski definition) is 3. The highest BCUT2D eigenvalue weighted by molar-refractivity contribution is 6.16. The van der Waals surface area contributed by atoms with E-state index in [-0.39, 0.29) is 0 Å². The lowest BCUT2D eigenvalue weighted by molar-refractivity contribution is 0.669. The lowest BCUT2D eigenvalue weighted by Crippen LogP contribution is -2.11. The fraction of sp³-hybridized carbons (Fsp3) is 0. The van der Waals surface area contributed by atoms with E-state index in [9.17, 15) is 0 Å². The van der Waals surface area contributed by atoms with E-state index >= 15 is 0 Å². The normalized spacial score (nSPS) is 11.9. The highest BCUT2D eigenvalue weighted by atomic mass is 16.3. The van der Waals surface area contributed by atoms with Crippen LogP contribution in [-0.2, 0) is 0 Å². The Kier molecular flexibility index (Phi) is 7.57. The predicted molar refractivity (Wildman–Crippen MR) is 258 cm³/mol. The van der Waals surface area contributed by atoms with E-state index in [2.05, 4.69) is 222 Å². The molecule has 13 rings (SSSR count). The summed E-state index contributed by atoms with van der Waals surface area (Å²) < 4.78 is 15.8. The van der Waals surface area contributed by atoms with Crippen LogP contribution in [0.1, 0.15) is 0 Å². The summed E-state index contributed by atoms with van der Waals surface area (Å²) in [6.45, 7) is 0. The van der Waals surface area contributed by atoms with Crippen molar-refractivity contribution >= 4 is 93.5 Å². The molecule has 0 saturated heterocycles. The van der Waals surface area contributed by atoms with Gasteiger partial charge in [-0.25, -0.2) is 0 Å². The van der Waals surface area contributed by atoms with Crippen LogP contribution in [0.3, 0.4) is 0 Å². The van der Waals surface area contributed by atoms with Crippen molar-refractivity contribution in [1.29, 1.82) is 0 Å². The number of furan rings is 2. The minimum absolute atomic E-state index is 0.851. The molecule has 3 aromatic heterocycles. The quantitative estimate of drug-likeness (QED) is 0.168. The van der Waals surface area contributed by atoms with Gasteiger partial charge in [0, 0.05) is 60.4 Å². The van der Waals surface area contributed by atoms with Gasteiger partial charge in [0.1, 0.15) is 22.3 Å². The van der Waals surface area contributed by atoms with Crippen LogP contribution >= 0.6 is 0 Å². The molecule has 3 heterocycles. The van der Waals surface area contributed by atoms with E-state index in [0.29, 0.717) is 0 Å². The van der Waals surface area contributed by atoms with Crippen LogP contribution in [0.25, 0.3) is 104 Å². The molecular weight excluding hydrogens is 757 g/mol. The molecule has 290 valence electrons. The molecule has 0 fully saturated rings. The van der Waals surface area contributed by atoms with Gasteiger partial charge in [0.05, 0.1) is 22.4 Å². The molecule has 4 heteroatoms. The number of nitrogens with zero attached hydrogens (tertiary/aromatic N) is 2. The van der Waals surface area contributed by atoms with Crippen LogP contribution in [0.2, 0.25) is 0 Å². The van der Waals surface area contributed by atoms with Crippen LogP contribution < -0.4 is 4.90 Å². The zero-order chi connectivity index (χ0) is 40.7. The molecule has 4 nitrogen and oxygen atoms in total. The van der Waals surface area contributed by atoms with Gasteiger partial charge >= 0.3 is 0 Å². The first-order chi connectivity index (χ1) is 30.8. The van der Waals surface area contributed by atoms with Crippen LogP contribution in [0.5, 0.6) is 0 Å². The number of para-hydroxylation sites is 6. The van der Waals surface area contributed by atoms with Crippen molar-refractivity contribution in [2.75, 3.05) is 4.90 Å². The molecule has 13 aromatic rings. The number of benzene rings is 10. The standard InChI is InChI=1S/C58H36N2O2/c1-2-17-38-34-39(33-32-37(38)16-1)59(50-25-9-5-20-43(50)46-24-15-31-56-57(46)47-23-8-14-30-55(47)61-56)40-35-48(58-49(36-40)45-22-7-13-29-54(45)62-58)44-21-6-12-28-53(44)60-51-26-10-3-18-41(51)42-19-4-11-27-52(42)60/h1-36H. The van der Waals surface area contributed by atoms with Crippen molar-refractivity contribution in [1.82, 2.24) is 4.57 Å². The van der Waals surface area contributed by atoms with Gasteiger partial charge in [-0.1, -0.05) is 152 Å². The fourth-order valence-electron chi connectivity index (χ4n) is 9.86.